The molecular weight excluding hydrogens is 1140 g/mol. The molecule has 1 aromatic rings. The first-order valence-corrected chi connectivity index (χ1v) is 37.1. The lowest BCUT2D eigenvalue weighted by atomic mass is 9.99. The zero-order valence-electron chi connectivity index (χ0n) is 61.0. The van der Waals surface area contributed by atoms with Crippen LogP contribution in [0.25, 0.3) is 0 Å². The third-order valence-electron chi connectivity index (χ3n) is 19.3. The van der Waals surface area contributed by atoms with E-state index in [1.165, 1.54) is 193 Å². The van der Waals surface area contributed by atoms with Crippen LogP contribution in [-0.2, 0) is 16.0 Å². The van der Waals surface area contributed by atoms with Gasteiger partial charge in [0.15, 0.2) is 0 Å². The van der Waals surface area contributed by atoms with Crippen molar-refractivity contribution in [3.8, 4) is 0 Å². The van der Waals surface area contributed by atoms with E-state index >= 15 is 0 Å². The zero-order chi connectivity index (χ0) is 67.0. The Balaban J connectivity index is 0.000000513. The van der Waals surface area contributed by atoms with Crippen LogP contribution < -0.4 is 0 Å². The van der Waals surface area contributed by atoms with Crippen molar-refractivity contribution in [1.29, 1.82) is 0 Å². The molecule has 7 heterocycles. The lowest BCUT2D eigenvalue weighted by Crippen LogP contribution is -2.36. The summed E-state index contributed by atoms with van der Waals surface area (Å²) in [5.74, 6) is 6.10. The second kappa shape index (κ2) is 53.6. The number of hydrogen-bond acceptors (Lipinski definition) is 9. The third-order valence-corrected chi connectivity index (χ3v) is 19.3. The molecule has 8 fully saturated rings. The fourth-order valence-electron chi connectivity index (χ4n) is 12.1. The highest BCUT2D eigenvalue weighted by Gasteiger charge is 2.32. The minimum Gasteiger partial charge on any atom is -0.385 e. The summed E-state index contributed by atoms with van der Waals surface area (Å²) in [7, 11) is 5.64. The maximum atomic E-state index is 11.9. The van der Waals surface area contributed by atoms with Gasteiger partial charge in [-0.15, -0.1) is 0 Å². The van der Waals surface area contributed by atoms with Crippen LogP contribution in [0.15, 0.2) is 30.3 Å². The van der Waals surface area contributed by atoms with E-state index in [2.05, 4.69) is 138 Å². The van der Waals surface area contributed by atoms with Gasteiger partial charge < -0.3 is 38.9 Å². The molecule has 0 bridgehead atoms. The van der Waals surface area contributed by atoms with Gasteiger partial charge in [0.05, 0.1) is 12.8 Å². The van der Waals surface area contributed by atoms with E-state index in [9.17, 15) is 26.3 Å². The first-order chi connectivity index (χ1) is 42.9. The summed E-state index contributed by atoms with van der Waals surface area (Å²) in [6.45, 7) is 47.4. The van der Waals surface area contributed by atoms with Crippen molar-refractivity contribution in [3.63, 3.8) is 0 Å². The molecule has 7 aliphatic heterocycles. The summed E-state index contributed by atoms with van der Waals surface area (Å²) in [6, 6.07) is 11.8. The minimum absolute atomic E-state index is 0.174. The molecule has 1 unspecified atom stereocenters. The highest BCUT2D eigenvalue weighted by Crippen LogP contribution is 2.31. The van der Waals surface area contributed by atoms with Crippen molar-refractivity contribution >= 4 is 0 Å². The van der Waals surface area contributed by atoms with E-state index in [1.807, 2.05) is 9.80 Å². The molecule has 8 aliphatic rings. The Labute approximate surface area is 552 Å². The Kier molecular flexibility index (Phi) is 51.5. The van der Waals surface area contributed by atoms with Crippen LogP contribution in [0.4, 0.5) is 26.3 Å². The summed E-state index contributed by atoms with van der Waals surface area (Å²) in [5, 5.41) is 0. The molecule has 0 radical (unpaired) electrons. The highest BCUT2D eigenvalue weighted by molar-refractivity contribution is 5.14. The fraction of sp³-hybridized carbons (Fsp3) is 0.920. The van der Waals surface area contributed by atoms with E-state index < -0.39 is 25.2 Å². The number of alkyl halides is 6. The van der Waals surface area contributed by atoms with E-state index in [0.29, 0.717) is 11.8 Å². The summed E-state index contributed by atoms with van der Waals surface area (Å²) >= 11 is 0. The van der Waals surface area contributed by atoms with Gasteiger partial charge in [-0.3, -0.25) is 4.90 Å². The van der Waals surface area contributed by atoms with Gasteiger partial charge in [0, 0.05) is 59.7 Å². The van der Waals surface area contributed by atoms with Crippen LogP contribution in [-0.4, -0.2) is 205 Å². The number of hydrogen-bond donors (Lipinski definition) is 0. The van der Waals surface area contributed by atoms with Gasteiger partial charge in [0.25, 0.3) is 0 Å². The SMILES string of the molecule is CC1CCCN(CCC(F)(F)F)C1.CC1CCN(C)CC1.CC1CCN(C2CC2)CC1.CC1CCN(CCC(F)(F)F)CC1.CC1CCN(Cc2ccccc2)CC1.CCCCN1CCC(C)CC1.CCCCOC.CCCN1CCC(C)CC1.CCCOC. The number of likely N-dealkylation sites (tertiary alicyclic amines) is 7. The predicted octanol–water partition coefficient (Wildman–Crippen LogP) is 18.6. The number of halogens is 6. The number of unbranched alkanes of at least 4 members (excludes halogenated alkanes) is 2. The molecule has 0 amide bonds. The lowest BCUT2D eigenvalue weighted by Gasteiger charge is -2.30. The summed E-state index contributed by atoms with van der Waals surface area (Å²) in [5.41, 5.74) is 1.45. The molecule has 1 aliphatic carbocycles. The molecule has 534 valence electrons. The third kappa shape index (κ3) is 50.8. The first kappa shape index (κ1) is 86.5. The van der Waals surface area contributed by atoms with Crippen molar-refractivity contribution in [2.45, 2.75) is 255 Å². The van der Waals surface area contributed by atoms with E-state index in [4.69, 9.17) is 9.47 Å². The molecule has 1 atom stereocenters. The average Bonchev–Trinajstić information content (AvgIpc) is 3.97. The number of methoxy groups -OCH3 is 2. The quantitative estimate of drug-likeness (QED) is 0.112. The number of piperidine rings is 7. The maximum absolute atomic E-state index is 11.9. The Morgan fingerprint density at radius 1 is 0.389 bits per heavy atom. The van der Waals surface area contributed by atoms with E-state index in [0.717, 1.165) is 114 Å². The van der Waals surface area contributed by atoms with Crippen molar-refractivity contribution in [3.05, 3.63) is 35.9 Å². The molecule has 0 aromatic heterocycles. The summed E-state index contributed by atoms with van der Waals surface area (Å²) in [6.07, 6.45) is 19.6. The topological polar surface area (TPSA) is 41.1 Å². The normalized spacial score (nSPS) is 22.2. The summed E-state index contributed by atoms with van der Waals surface area (Å²) < 4.78 is 80.7. The van der Waals surface area contributed by atoms with Crippen molar-refractivity contribution in [1.82, 2.24) is 34.3 Å². The van der Waals surface area contributed by atoms with Gasteiger partial charge in [0.2, 0.25) is 0 Å². The molecule has 90 heavy (non-hydrogen) atoms. The first-order valence-electron chi connectivity index (χ1n) is 37.1. The monoisotopic (exact) mass is 1290 g/mol. The molecule has 7 saturated heterocycles. The van der Waals surface area contributed by atoms with Crippen LogP contribution in [0.2, 0.25) is 0 Å². The standard InChI is InChI=1S/C13H19N.C10H21N.2C9H16F3N.C9H17N.C9H19N.C7H15N.C5H12O.C4H10O/c1-12-7-9-14(10-8-12)11-13-5-3-2-4-6-13;1-3-4-7-11-8-5-10(2)6-9-11;1-8-2-5-13(6-3-8)7-4-9(10,11)12;1-8-3-2-5-13(7-8)6-4-9(10,11)12;1-8-4-6-10(7-5-8)9-2-3-9;1-3-6-10-7-4-9(2)5-8-10;1-7-3-5-8(2)6-4-7;1-3-4-5-6-2;1-3-4-5-2/h2-6,12H,7-11H2,1H3;10H,3-9H2,1-2H3;2*8H,2-7H2,1H3;8-9H,2-7H2,1H3;9H,3-8H2,1-2H3;7H,3-6H2,1-2H3;3-5H2,1-2H3;3-4H2,1-2H3. The number of ether oxygens (including phenoxy) is 2. The van der Waals surface area contributed by atoms with Gasteiger partial charge in [0.1, 0.15) is 0 Å². The second-order valence-electron chi connectivity index (χ2n) is 28.9. The average molecular weight is 1290 g/mol. The van der Waals surface area contributed by atoms with Crippen molar-refractivity contribution in [2.75, 3.05) is 152 Å². The maximum Gasteiger partial charge on any atom is 0.390 e. The lowest BCUT2D eigenvalue weighted by molar-refractivity contribution is -0.139. The van der Waals surface area contributed by atoms with E-state index in [1.54, 1.807) is 14.2 Å². The van der Waals surface area contributed by atoms with Crippen LogP contribution in [0.1, 0.15) is 236 Å². The second-order valence-corrected chi connectivity index (χ2v) is 28.9. The molecular formula is C75H145F6N7O2. The Morgan fingerprint density at radius 2 is 0.778 bits per heavy atom. The molecule has 0 N–H and O–H groups in total. The molecule has 1 aromatic carbocycles. The molecule has 9 nitrogen and oxygen atoms in total. The van der Waals surface area contributed by atoms with E-state index in [-0.39, 0.29) is 13.1 Å². The zero-order valence-corrected chi connectivity index (χ0v) is 61.0. The number of benzene rings is 1. The number of rotatable bonds is 17. The van der Waals surface area contributed by atoms with Crippen molar-refractivity contribution in [2.24, 2.45) is 41.4 Å². The highest BCUT2D eigenvalue weighted by atomic mass is 19.4. The van der Waals surface area contributed by atoms with Gasteiger partial charge in [-0.2, -0.15) is 26.3 Å². The van der Waals surface area contributed by atoms with Crippen molar-refractivity contribution < 1.29 is 35.8 Å². The molecule has 15 heteroatoms. The van der Waals surface area contributed by atoms with Crippen LogP contribution >= 0.6 is 0 Å². The van der Waals surface area contributed by atoms with Gasteiger partial charge in [-0.25, -0.2) is 0 Å². The predicted molar refractivity (Wildman–Crippen MR) is 374 cm³/mol. The summed E-state index contributed by atoms with van der Waals surface area (Å²) in [4.78, 5) is 16.7. The Bertz CT molecular complexity index is 1670. The van der Waals surface area contributed by atoms with Crippen LogP contribution in [0, 0.1) is 41.4 Å². The minimum atomic E-state index is -4.00. The largest absolute Gasteiger partial charge is 0.390 e. The fourth-order valence-corrected chi connectivity index (χ4v) is 12.1. The molecule has 1 saturated carbocycles. The molecule has 9 rings (SSSR count). The van der Waals surface area contributed by atoms with Gasteiger partial charge in [-0.05, 0) is 281 Å². The molecule has 0 spiro atoms. The van der Waals surface area contributed by atoms with Crippen LogP contribution in [0.3, 0.4) is 0 Å². The Morgan fingerprint density at radius 3 is 1.12 bits per heavy atom. The smallest absolute Gasteiger partial charge is 0.385 e. The van der Waals surface area contributed by atoms with Gasteiger partial charge >= 0.3 is 12.4 Å². The Hall–Kier alpha value is -1.56. The van der Waals surface area contributed by atoms with Crippen LogP contribution in [0.5, 0.6) is 0 Å². The number of nitrogens with zero attached hydrogens (tertiary/aromatic N) is 7. The van der Waals surface area contributed by atoms with Gasteiger partial charge in [-0.1, -0.05) is 119 Å².